The zero-order chi connectivity index (χ0) is 12.9. The van der Waals surface area contributed by atoms with Crippen molar-refractivity contribution in [2.45, 2.75) is 17.9 Å². The summed E-state index contributed by atoms with van der Waals surface area (Å²) in [6, 6.07) is 14.5. The first-order valence-corrected chi connectivity index (χ1v) is 8.58. The number of epoxide rings is 2. The molecule has 0 aromatic heterocycles. The number of fused-ring (bicyclic) bond motifs is 1. The van der Waals surface area contributed by atoms with Crippen molar-refractivity contribution in [3.8, 4) is 0 Å². The normalized spacial score (nSPS) is 28.0. The van der Waals surface area contributed by atoms with Gasteiger partial charge in [-0.15, -0.1) is 0 Å². The van der Waals surface area contributed by atoms with Crippen LogP contribution >= 0.6 is 7.14 Å². The average molecular weight is 274 g/mol. The molecule has 2 unspecified atom stereocenters. The van der Waals surface area contributed by atoms with Gasteiger partial charge in [-0.05, 0) is 16.3 Å². The van der Waals surface area contributed by atoms with Gasteiger partial charge < -0.3 is 14.0 Å². The van der Waals surface area contributed by atoms with E-state index in [2.05, 4.69) is 30.3 Å². The quantitative estimate of drug-likeness (QED) is 0.633. The van der Waals surface area contributed by atoms with E-state index in [1.807, 2.05) is 12.1 Å². The number of hydrogen-bond acceptors (Lipinski definition) is 3. The van der Waals surface area contributed by atoms with Crippen LogP contribution in [0.4, 0.5) is 0 Å². The van der Waals surface area contributed by atoms with Gasteiger partial charge in [0, 0.05) is 6.16 Å². The molecular weight excluding hydrogens is 259 g/mol. The molecule has 0 aliphatic carbocycles. The molecule has 19 heavy (non-hydrogen) atoms. The fraction of sp³-hybridized carbons (Fsp3) is 0.333. The van der Waals surface area contributed by atoms with Gasteiger partial charge in [-0.1, -0.05) is 42.5 Å². The molecule has 2 fully saturated rings. The van der Waals surface area contributed by atoms with Gasteiger partial charge >= 0.3 is 0 Å². The van der Waals surface area contributed by atoms with Gasteiger partial charge in [0.25, 0.3) is 0 Å². The summed E-state index contributed by atoms with van der Waals surface area (Å²) in [6.45, 7) is 1.26. The fourth-order valence-corrected chi connectivity index (χ4v) is 5.33. The lowest BCUT2D eigenvalue weighted by molar-refractivity contribution is 0.421. The smallest absolute Gasteiger partial charge is 0.151 e. The second-order valence-electron chi connectivity index (χ2n) is 5.27. The summed E-state index contributed by atoms with van der Waals surface area (Å²) >= 11 is 0. The molecule has 0 N–H and O–H groups in total. The molecule has 4 rings (SSSR count). The third-order valence-electron chi connectivity index (χ3n) is 3.85. The van der Waals surface area contributed by atoms with Crippen LogP contribution in [0.15, 0.2) is 42.5 Å². The second kappa shape index (κ2) is 4.17. The van der Waals surface area contributed by atoms with E-state index in [1.54, 1.807) is 0 Å². The van der Waals surface area contributed by atoms with Crippen LogP contribution in [0.2, 0.25) is 0 Å². The molecule has 4 heteroatoms. The average Bonchev–Trinajstić information content (AvgIpc) is 3.31. The predicted octanol–water partition coefficient (Wildman–Crippen LogP) is 3.42. The van der Waals surface area contributed by atoms with Crippen LogP contribution in [0.5, 0.6) is 0 Å². The van der Waals surface area contributed by atoms with Crippen molar-refractivity contribution in [3.63, 3.8) is 0 Å². The molecule has 2 aliphatic heterocycles. The first-order valence-electron chi connectivity index (χ1n) is 6.55. The Kier molecular flexibility index (Phi) is 2.56. The Morgan fingerprint density at radius 3 is 2.26 bits per heavy atom. The maximum absolute atomic E-state index is 13.0. The van der Waals surface area contributed by atoms with Crippen molar-refractivity contribution < 1.29 is 14.0 Å². The van der Waals surface area contributed by atoms with E-state index >= 15 is 0 Å². The summed E-state index contributed by atoms with van der Waals surface area (Å²) in [7, 11) is -2.39. The van der Waals surface area contributed by atoms with Crippen molar-refractivity contribution in [1.29, 1.82) is 0 Å². The van der Waals surface area contributed by atoms with E-state index in [9.17, 15) is 4.57 Å². The van der Waals surface area contributed by atoms with Crippen molar-refractivity contribution >= 4 is 17.9 Å². The topological polar surface area (TPSA) is 42.1 Å². The highest BCUT2D eigenvalue weighted by atomic mass is 31.2. The molecule has 0 spiro atoms. The number of ether oxygens (including phenoxy) is 2. The molecule has 0 bridgehead atoms. The van der Waals surface area contributed by atoms with Crippen LogP contribution in [-0.4, -0.2) is 24.9 Å². The van der Waals surface area contributed by atoms with E-state index in [1.165, 1.54) is 10.8 Å². The minimum Gasteiger partial charge on any atom is -0.365 e. The predicted molar refractivity (Wildman–Crippen MR) is 74.7 cm³/mol. The Bertz CT molecular complexity index is 658. The van der Waals surface area contributed by atoms with Gasteiger partial charge in [-0.25, -0.2) is 0 Å². The number of hydrogen-bond donors (Lipinski definition) is 0. The Morgan fingerprint density at radius 1 is 1.00 bits per heavy atom. The van der Waals surface area contributed by atoms with Crippen LogP contribution < -0.4 is 0 Å². The van der Waals surface area contributed by atoms with Crippen LogP contribution in [0.3, 0.4) is 0 Å². The highest BCUT2D eigenvalue weighted by Crippen LogP contribution is 2.66. The molecule has 0 saturated carbocycles. The summed E-state index contributed by atoms with van der Waals surface area (Å²) < 4.78 is 23.6. The van der Waals surface area contributed by atoms with Gasteiger partial charge in [-0.3, -0.25) is 0 Å². The summed E-state index contributed by atoms with van der Waals surface area (Å²) in [5.41, 5.74) is 1.12. The van der Waals surface area contributed by atoms with E-state index in [0.717, 1.165) is 5.56 Å². The van der Waals surface area contributed by atoms with Gasteiger partial charge in [0.15, 0.2) is 7.14 Å². The van der Waals surface area contributed by atoms with Crippen LogP contribution in [-0.2, 0) is 20.2 Å². The minimum absolute atomic E-state index is 0.0635. The lowest BCUT2D eigenvalue weighted by atomic mass is 10.1. The van der Waals surface area contributed by atoms with Crippen molar-refractivity contribution in [1.82, 2.24) is 0 Å². The van der Waals surface area contributed by atoms with E-state index in [4.69, 9.17) is 9.47 Å². The first kappa shape index (κ1) is 11.7. The van der Waals surface area contributed by atoms with Crippen LogP contribution in [0, 0.1) is 0 Å². The molecule has 2 saturated heterocycles. The minimum atomic E-state index is -2.39. The highest BCUT2D eigenvalue weighted by Gasteiger charge is 2.53. The van der Waals surface area contributed by atoms with E-state index in [-0.39, 0.29) is 11.7 Å². The van der Waals surface area contributed by atoms with Gasteiger partial charge in [-0.2, -0.15) is 0 Å². The molecule has 2 atom stereocenters. The summed E-state index contributed by atoms with van der Waals surface area (Å²) in [6.07, 6.45) is 0.590. The molecule has 0 radical (unpaired) electrons. The molecule has 2 heterocycles. The van der Waals surface area contributed by atoms with Crippen molar-refractivity contribution in [3.05, 3.63) is 48.0 Å². The van der Waals surface area contributed by atoms with Gasteiger partial charge in [0.2, 0.25) is 0 Å². The maximum Gasteiger partial charge on any atom is 0.151 e. The van der Waals surface area contributed by atoms with Crippen molar-refractivity contribution in [2.24, 2.45) is 0 Å². The van der Waals surface area contributed by atoms with Gasteiger partial charge in [0.1, 0.15) is 11.7 Å². The number of rotatable bonds is 4. The second-order valence-corrected chi connectivity index (χ2v) is 8.45. The SMILES string of the molecule is O=P(Cc1ccc2ccccc2c1)(C1CO1)C1CO1. The standard InChI is InChI=1S/C15H15O3P/c16-19(14-8-17-14,15-9-18-15)10-11-5-6-12-3-1-2-4-13(12)7-11/h1-7,14-15H,8-10H2. The fourth-order valence-electron chi connectivity index (χ4n) is 2.60. The zero-order valence-electron chi connectivity index (χ0n) is 10.5. The molecule has 98 valence electrons. The highest BCUT2D eigenvalue weighted by molar-refractivity contribution is 7.64. The first-order chi connectivity index (χ1) is 9.25. The molecule has 2 aromatic rings. The Hall–Kier alpha value is -1.15. The summed E-state index contributed by atoms with van der Waals surface area (Å²) in [5.74, 6) is -0.127. The molecule has 3 nitrogen and oxygen atoms in total. The number of benzene rings is 2. The third kappa shape index (κ3) is 2.12. The lowest BCUT2D eigenvalue weighted by Gasteiger charge is -2.13. The van der Waals surface area contributed by atoms with E-state index in [0.29, 0.717) is 19.4 Å². The molecule has 2 aliphatic rings. The monoisotopic (exact) mass is 274 g/mol. The van der Waals surface area contributed by atoms with E-state index < -0.39 is 7.14 Å². The molecular formula is C15H15O3P. The molecule has 0 amide bonds. The van der Waals surface area contributed by atoms with Gasteiger partial charge in [0.05, 0.1) is 13.2 Å². The molecule has 2 aromatic carbocycles. The van der Waals surface area contributed by atoms with Crippen LogP contribution in [0.1, 0.15) is 5.56 Å². The lowest BCUT2D eigenvalue weighted by Crippen LogP contribution is -2.01. The Morgan fingerprint density at radius 2 is 1.63 bits per heavy atom. The zero-order valence-corrected chi connectivity index (χ0v) is 11.4. The Labute approximate surface area is 111 Å². The maximum atomic E-state index is 13.0. The van der Waals surface area contributed by atoms with Crippen LogP contribution in [0.25, 0.3) is 10.8 Å². The largest absolute Gasteiger partial charge is 0.365 e. The van der Waals surface area contributed by atoms with Crippen molar-refractivity contribution in [2.75, 3.05) is 13.2 Å². The summed E-state index contributed by atoms with van der Waals surface area (Å²) in [4.78, 5) is 0. The summed E-state index contributed by atoms with van der Waals surface area (Å²) in [5, 5.41) is 2.41. The third-order valence-corrected chi connectivity index (χ3v) is 7.26. The Balaban J connectivity index is 1.68.